The number of fused-ring (bicyclic) bond motifs is 2. The van der Waals surface area contributed by atoms with E-state index in [1.165, 1.54) is 22.3 Å². The molecule has 25 heavy (non-hydrogen) atoms. The molecular formula is C24H38O. The van der Waals surface area contributed by atoms with E-state index in [1.54, 1.807) is 0 Å². The molecule has 0 aliphatic heterocycles. The molecule has 1 nitrogen and oxygen atoms in total. The topological polar surface area (TPSA) is 20.2 Å². The smallest absolute Gasteiger partial charge is 0.123 e. The minimum absolute atomic E-state index is 0.0558. The van der Waals surface area contributed by atoms with Crippen LogP contribution in [0, 0.1) is 0 Å². The Morgan fingerprint density at radius 1 is 0.720 bits per heavy atom. The van der Waals surface area contributed by atoms with Crippen molar-refractivity contribution in [3.63, 3.8) is 0 Å². The van der Waals surface area contributed by atoms with Gasteiger partial charge in [-0.2, -0.15) is 0 Å². The Kier molecular flexibility index (Phi) is 4.14. The summed E-state index contributed by atoms with van der Waals surface area (Å²) in [6.07, 6.45) is 6.95. The van der Waals surface area contributed by atoms with Crippen LogP contribution in [0.3, 0.4) is 0 Å². The molecule has 0 aromatic heterocycles. The molecule has 1 aromatic rings. The highest BCUT2D eigenvalue weighted by Crippen LogP contribution is 2.63. The van der Waals surface area contributed by atoms with Gasteiger partial charge in [-0.05, 0) is 71.3 Å². The van der Waals surface area contributed by atoms with Gasteiger partial charge in [-0.15, -0.1) is 0 Å². The van der Waals surface area contributed by atoms with Gasteiger partial charge in [-0.3, -0.25) is 0 Å². The Labute approximate surface area is 155 Å². The molecule has 0 fully saturated rings. The van der Waals surface area contributed by atoms with Gasteiger partial charge in [0.15, 0.2) is 0 Å². The molecule has 0 atom stereocenters. The van der Waals surface area contributed by atoms with Gasteiger partial charge in [0.05, 0.1) is 0 Å². The highest BCUT2D eigenvalue weighted by atomic mass is 16.3. The number of phenols is 1. The molecule has 140 valence electrons. The zero-order chi connectivity index (χ0) is 18.8. The molecule has 0 unspecified atom stereocenters. The lowest BCUT2D eigenvalue weighted by molar-refractivity contribution is 0.317. The largest absolute Gasteiger partial charge is 0.507 e. The lowest BCUT2D eigenvalue weighted by Gasteiger charge is -2.32. The van der Waals surface area contributed by atoms with E-state index in [2.05, 4.69) is 61.5 Å². The molecule has 0 spiro atoms. The fraction of sp³-hybridized carbons (Fsp3) is 0.750. The van der Waals surface area contributed by atoms with E-state index in [1.807, 2.05) is 0 Å². The predicted molar refractivity (Wildman–Crippen MR) is 108 cm³/mol. The monoisotopic (exact) mass is 342 g/mol. The van der Waals surface area contributed by atoms with Gasteiger partial charge in [0.1, 0.15) is 5.75 Å². The maximum absolute atomic E-state index is 11.5. The standard InChI is InChI=1S/C24H38O/c1-9-23(10-2)14-21(5,6)18-16(23)13-17-19(20(18)25)22(7,8)15-24(17,11-3)12-4/h13,25H,9-12,14-15H2,1-8H3. The number of benzene rings is 1. The van der Waals surface area contributed by atoms with E-state index in [4.69, 9.17) is 0 Å². The molecule has 0 heterocycles. The van der Waals surface area contributed by atoms with Crippen LogP contribution in [-0.4, -0.2) is 5.11 Å². The maximum atomic E-state index is 11.5. The minimum atomic E-state index is 0.0558. The number of hydrogen-bond donors (Lipinski definition) is 1. The van der Waals surface area contributed by atoms with Crippen molar-refractivity contribution in [3.8, 4) is 5.75 Å². The summed E-state index contributed by atoms with van der Waals surface area (Å²) < 4.78 is 0. The van der Waals surface area contributed by atoms with Gasteiger partial charge in [0, 0.05) is 11.1 Å². The summed E-state index contributed by atoms with van der Waals surface area (Å²) in [6, 6.07) is 2.55. The van der Waals surface area contributed by atoms with Crippen LogP contribution >= 0.6 is 0 Å². The van der Waals surface area contributed by atoms with E-state index < -0.39 is 0 Å². The minimum Gasteiger partial charge on any atom is -0.507 e. The zero-order valence-electron chi connectivity index (χ0n) is 17.8. The number of aromatic hydroxyl groups is 1. The SMILES string of the molecule is CCC1(CC)CC(C)(C)c2c1cc1c(c2O)C(C)(C)CC1(CC)CC. The van der Waals surface area contributed by atoms with Gasteiger partial charge in [0.25, 0.3) is 0 Å². The summed E-state index contributed by atoms with van der Waals surface area (Å²) in [5.41, 5.74) is 6.00. The molecular weight excluding hydrogens is 304 g/mol. The van der Waals surface area contributed by atoms with Crippen molar-refractivity contribution >= 4 is 0 Å². The Bertz CT molecular complexity index is 628. The average Bonchev–Trinajstić information content (AvgIpc) is 2.94. The molecule has 2 aliphatic carbocycles. The zero-order valence-corrected chi connectivity index (χ0v) is 17.8. The lowest BCUT2D eigenvalue weighted by atomic mass is 9.72. The summed E-state index contributed by atoms with van der Waals surface area (Å²) in [5, 5.41) is 11.5. The van der Waals surface area contributed by atoms with Crippen LogP contribution in [0.2, 0.25) is 0 Å². The van der Waals surface area contributed by atoms with Crippen molar-refractivity contribution in [2.24, 2.45) is 0 Å². The van der Waals surface area contributed by atoms with Crippen LogP contribution < -0.4 is 0 Å². The van der Waals surface area contributed by atoms with Crippen LogP contribution in [0.15, 0.2) is 6.07 Å². The predicted octanol–water partition coefficient (Wildman–Crippen LogP) is 6.87. The highest BCUT2D eigenvalue weighted by molar-refractivity contribution is 5.64. The van der Waals surface area contributed by atoms with Gasteiger partial charge in [0.2, 0.25) is 0 Å². The average molecular weight is 343 g/mol. The third-order valence-electron chi connectivity index (χ3n) is 8.06. The van der Waals surface area contributed by atoms with Crippen LogP contribution in [-0.2, 0) is 21.7 Å². The Morgan fingerprint density at radius 2 is 1.04 bits per heavy atom. The third kappa shape index (κ3) is 2.26. The second-order valence-electron chi connectivity index (χ2n) is 10.2. The van der Waals surface area contributed by atoms with E-state index in [0.29, 0.717) is 5.75 Å². The first-order valence-corrected chi connectivity index (χ1v) is 10.5. The van der Waals surface area contributed by atoms with Crippen LogP contribution in [0.4, 0.5) is 0 Å². The van der Waals surface area contributed by atoms with E-state index in [9.17, 15) is 5.11 Å². The van der Waals surface area contributed by atoms with Crippen molar-refractivity contribution in [1.29, 1.82) is 0 Å². The van der Waals surface area contributed by atoms with Crippen LogP contribution in [0.1, 0.15) is 116 Å². The Morgan fingerprint density at radius 3 is 1.32 bits per heavy atom. The lowest BCUT2D eigenvalue weighted by Crippen LogP contribution is -2.25. The molecule has 0 saturated heterocycles. The van der Waals surface area contributed by atoms with Gasteiger partial charge in [-0.1, -0.05) is 61.5 Å². The van der Waals surface area contributed by atoms with Crippen LogP contribution in [0.25, 0.3) is 0 Å². The normalized spacial score (nSPS) is 24.2. The summed E-state index contributed by atoms with van der Waals surface area (Å²) in [7, 11) is 0. The first-order chi connectivity index (χ1) is 11.5. The second kappa shape index (κ2) is 5.51. The van der Waals surface area contributed by atoms with E-state index in [-0.39, 0.29) is 21.7 Å². The van der Waals surface area contributed by atoms with Crippen molar-refractivity contribution in [2.75, 3.05) is 0 Å². The van der Waals surface area contributed by atoms with E-state index >= 15 is 0 Å². The molecule has 2 aliphatic rings. The number of hydrogen-bond acceptors (Lipinski definition) is 1. The van der Waals surface area contributed by atoms with Crippen molar-refractivity contribution in [2.45, 2.75) is 116 Å². The fourth-order valence-electron chi connectivity index (χ4n) is 6.70. The number of phenolic OH excluding ortho intramolecular Hbond substituents is 1. The molecule has 0 radical (unpaired) electrons. The van der Waals surface area contributed by atoms with E-state index in [0.717, 1.165) is 38.5 Å². The third-order valence-corrected chi connectivity index (χ3v) is 8.06. The molecule has 0 bridgehead atoms. The second-order valence-corrected chi connectivity index (χ2v) is 10.2. The molecule has 0 amide bonds. The summed E-state index contributed by atoms with van der Waals surface area (Å²) >= 11 is 0. The van der Waals surface area contributed by atoms with Gasteiger partial charge < -0.3 is 5.11 Å². The van der Waals surface area contributed by atoms with Crippen LogP contribution in [0.5, 0.6) is 5.75 Å². The van der Waals surface area contributed by atoms with Crippen molar-refractivity contribution in [1.82, 2.24) is 0 Å². The van der Waals surface area contributed by atoms with Crippen molar-refractivity contribution < 1.29 is 5.11 Å². The summed E-state index contributed by atoms with van der Waals surface area (Å²) in [6.45, 7) is 18.6. The number of rotatable bonds is 4. The first kappa shape index (κ1) is 18.8. The Hall–Kier alpha value is -0.980. The highest BCUT2D eigenvalue weighted by Gasteiger charge is 2.53. The summed E-state index contributed by atoms with van der Waals surface area (Å²) in [5.74, 6) is 0.634. The van der Waals surface area contributed by atoms with Crippen molar-refractivity contribution in [3.05, 3.63) is 28.3 Å². The molecule has 1 N–H and O–H groups in total. The van der Waals surface area contributed by atoms with Gasteiger partial charge >= 0.3 is 0 Å². The molecule has 1 aromatic carbocycles. The first-order valence-electron chi connectivity index (χ1n) is 10.5. The molecule has 0 saturated carbocycles. The van der Waals surface area contributed by atoms with Gasteiger partial charge in [-0.25, -0.2) is 0 Å². The summed E-state index contributed by atoms with van der Waals surface area (Å²) in [4.78, 5) is 0. The molecule has 3 rings (SSSR count). The Balaban J connectivity index is 2.41. The maximum Gasteiger partial charge on any atom is 0.123 e. The quantitative estimate of drug-likeness (QED) is 0.633. The molecule has 1 heteroatoms. The fourth-order valence-corrected chi connectivity index (χ4v) is 6.70.